The molecule has 0 bridgehead atoms. The van der Waals surface area contributed by atoms with E-state index in [9.17, 15) is 30.3 Å². The molecule has 0 heterocycles. The van der Waals surface area contributed by atoms with E-state index < -0.39 is 20.5 Å². The number of nitrogens with zero attached hydrogens (tertiary/aromatic N) is 3. The first-order chi connectivity index (χ1) is 4.83. The largest absolute Gasteiger partial charge is 1.00 e. The fourth-order valence-corrected chi connectivity index (χ4v) is 0.200. The number of nitro groups is 3. The molecule has 11 heteroatoms. The first-order valence-corrected chi connectivity index (χ1v) is 2.05. The van der Waals surface area contributed by atoms with E-state index in [0.29, 0.717) is 0 Å². The van der Waals surface area contributed by atoms with Gasteiger partial charge in [-0.25, -0.2) is 0 Å². The summed E-state index contributed by atoms with van der Waals surface area (Å²) in [4.78, 5) is 23.8. The third kappa shape index (κ3) is 2.45. The summed E-state index contributed by atoms with van der Waals surface area (Å²) in [7, 11) is 4.23. The van der Waals surface area contributed by atoms with Crippen LogP contribution in [0.15, 0.2) is 0 Å². The minimum absolute atomic E-state index is 0. The Kier molecular flexibility index (Phi) is 5.79. The Morgan fingerprint density at radius 3 is 1.08 bits per heavy atom. The summed E-state index contributed by atoms with van der Waals surface area (Å²) in [5.41, 5.74) is -3.83. The van der Waals surface area contributed by atoms with Crippen LogP contribution in [0.2, 0.25) is 0 Å². The molecule has 0 unspecified atom stereocenters. The minimum atomic E-state index is -3.83. The van der Waals surface area contributed by atoms with Crippen LogP contribution in [0.1, 0.15) is 0 Å². The average molecular weight is 200 g/mol. The van der Waals surface area contributed by atoms with Gasteiger partial charge in [0.15, 0.2) is 0 Å². The number of hydrogen-bond donors (Lipinski definition) is 0. The molecular weight excluding hydrogens is 200 g/mol. The Morgan fingerprint density at radius 2 is 1.08 bits per heavy atom. The summed E-state index contributed by atoms with van der Waals surface area (Å²) >= 11 is 0. The molecule has 12 heavy (non-hydrogen) atoms. The van der Waals surface area contributed by atoms with Gasteiger partial charge >= 0.3 is 57.1 Å². The Balaban J connectivity index is 0. The number of rotatable bonds is 3. The fraction of sp³-hybridized carbons (Fsp3) is 1.00. The van der Waals surface area contributed by atoms with Gasteiger partial charge in [-0.3, -0.25) is 38.2 Å². The molecule has 0 aromatic heterocycles. The van der Waals surface area contributed by atoms with Crippen LogP contribution >= 0.6 is 0 Å². The Hall–Kier alpha value is -0.0987. The van der Waals surface area contributed by atoms with Crippen molar-refractivity contribution in [3.63, 3.8) is 0 Å². The summed E-state index contributed by atoms with van der Waals surface area (Å²) in [5, 5.41) is 29.1. The van der Waals surface area contributed by atoms with Crippen LogP contribution in [-0.4, -0.2) is 28.3 Å². The minimum Gasteiger partial charge on any atom is -0.264 e. The molecular formula is CBKN3O6. The zero-order valence-corrected chi connectivity index (χ0v) is 8.99. The van der Waals surface area contributed by atoms with Crippen molar-refractivity contribution < 1.29 is 66.2 Å². The molecule has 59 valence electrons. The first-order valence-electron chi connectivity index (χ1n) is 2.05. The van der Waals surface area contributed by atoms with Crippen molar-refractivity contribution in [3.8, 4) is 0 Å². The second-order valence-corrected chi connectivity index (χ2v) is 1.46. The van der Waals surface area contributed by atoms with E-state index in [2.05, 4.69) is 7.85 Å². The van der Waals surface area contributed by atoms with Gasteiger partial charge in [-0.2, -0.15) is 0 Å². The maximum Gasteiger partial charge on any atom is 1.00 e. The van der Waals surface area contributed by atoms with E-state index in [4.69, 9.17) is 0 Å². The van der Waals surface area contributed by atoms with Crippen LogP contribution in [0.4, 0.5) is 0 Å². The monoisotopic (exact) mass is 200 g/mol. The topological polar surface area (TPSA) is 129 Å². The van der Waals surface area contributed by atoms with E-state index in [1.165, 1.54) is 0 Å². The van der Waals surface area contributed by atoms with E-state index in [1.54, 1.807) is 0 Å². The van der Waals surface area contributed by atoms with Crippen LogP contribution in [0.25, 0.3) is 0 Å². The fourth-order valence-electron chi connectivity index (χ4n) is 0.200. The van der Waals surface area contributed by atoms with E-state index >= 15 is 0 Å². The second-order valence-electron chi connectivity index (χ2n) is 1.46. The molecule has 0 amide bonds. The predicted molar refractivity (Wildman–Crippen MR) is 29.5 cm³/mol. The predicted octanol–water partition coefficient (Wildman–Crippen LogP) is -4.40. The van der Waals surface area contributed by atoms with Gasteiger partial charge in [0.05, 0.1) is 0 Å². The molecule has 0 saturated heterocycles. The zero-order chi connectivity index (χ0) is 9.23. The molecule has 0 spiro atoms. The Morgan fingerprint density at radius 1 is 0.917 bits per heavy atom. The molecule has 0 aliphatic heterocycles. The van der Waals surface area contributed by atoms with Crippen LogP contribution < -0.4 is 51.4 Å². The quantitative estimate of drug-likeness (QED) is 0.195. The summed E-state index contributed by atoms with van der Waals surface area (Å²) in [6, 6.07) is 0. The van der Waals surface area contributed by atoms with Crippen molar-refractivity contribution in [2.75, 3.05) is 0 Å². The van der Waals surface area contributed by atoms with Gasteiger partial charge in [0.1, 0.15) is 14.8 Å². The first kappa shape index (κ1) is 14.4. The van der Waals surface area contributed by atoms with Crippen LogP contribution in [0, 0.1) is 30.3 Å². The van der Waals surface area contributed by atoms with Gasteiger partial charge in [0.25, 0.3) is 0 Å². The van der Waals surface area contributed by atoms with Gasteiger partial charge in [-0.05, 0) is 0 Å². The molecule has 0 aromatic carbocycles. The maximum absolute atomic E-state index is 9.70. The van der Waals surface area contributed by atoms with Crippen molar-refractivity contribution in [3.05, 3.63) is 30.3 Å². The zero-order valence-electron chi connectivity index (χ0n) is 5.87. The van der Waals surface area contributed by atoms with Gasteiger partial charge in [-0.1, -0.05) is 0 Å². The van der Waals surface area contributed by atoms with Crippen LogP contribution in [0.5, 0.6) is 0 Å². The maximum atomic E-state index is 9.70. The second kappa shape index (κ2) is 4.81. The molecule has 0 atom stereocenters. The normalized spacial score (nSPS) is 9.75. The molecule has 3 radical (unpaired) electrons. The molecule has 0 aliphatic rings. The van der Waals surface area contributed by atoms with Crippen molar-refractivity contribution in [2.24, 2.45) is 0 Å². The van der Waals surface area contributed by atoms with Gasteiger partial charge in [0, 0.05) is 0 Å². The van der Waals surface area contributed by atoms with Gasteiger partial charge in [0.2, 0.25) is 0 Å². The summed E-state index contributed by atoms with van der Waals surface area (Å²) in [6.45, 7) is 0. The molecule has 0 N–H and O–H groups in total. The summed E-state index contributed by atoms with van der Waals surface area (Å²) < 4.78 is 0. The SMILES string of the molecule is [B-]C([N+](=O)[O-])([N+](=O)[O-])[N+](=O)[O-].[K+]. The van der Waals surface area contributed by atoms with Crippen molar-refractivity contribution in [2.45, 2.75) is 5.69 Å². The molecule has 0 aliphatic carbocycles. The van der Waals surface area contributed by atoms with Gasteiger partial charge in [-0.15, -0.1) is 0 Å². The van der Waals surface area contributed by atoms with E-state index in [-0.39, 0.29) is 51.4 Å². The van der Waals surface area contributed by atoms with Crippen molar-refractivity contribution in [1.29, 1.82) is 0 Å². The molecule has 0 saturated carbocycles. The third-order valence-corrected chi connectivity index (χ3v) is 0.806. The summed E-state index contributed by atoms with van der Waals surface area (Å²) in [5.74, 6) is 0. The molecule has 0 rings (SSSR count). The standard InChI is InChI=1S/CBN3O6.K/c2-1(3(6)7,4(8)9)5(10)11;/q-1;+1. The number of hydrogen-bond acceptors (Lipinski definition) is 6. The molecule has 0 fully saturated rings. The summed E-state index contributed by atoms with van der Waals surface area (Å²) in [6.07, 6.45) is 0. The molecule has 9 nitrogen and oxygen atoms in total. The van der Waals surface area contributed by atoms with E-state index in [1.807, 2.05) is 0 Å². The average Bonchev–Trinajstić information content (AvgIpc) is 1.84. The third-order valence-electron chi connectivity index (χ3n) is 0.806. The van der Waals surface area contributed by atoms with Crippen LogP contribution in [-0.2, 0) is 0 Å². The molecule has 0 aromatic rings. The Labute approximate surface area is 109 Å². The van der Waals surface area contributed by atoms with Gasteiger partial charge < -0.3 is 0 Å². The van der Waals surface area contributed by atoms with E-state index in [0.717, 1.165) is 0 Å². The smallest absolute Gasteiger partial charge is 0.264 e. The van der Waals surface area contributed by atoms with Crippen molar-refractivity contribution in [1.82, 2.24) is 0 Å². The Bertz CT molecular complexity index is 193. The van der Waals surface area contributed by atoms with Crippen LogP contribution in [0.3, 0.4) is 0 Å². The van der Waals surface area contributed by atoms with Crippen molar-refractivity contribution >= 4 is 7.85 Å².